The zero-order valence-corrected chi connectivity index (χ0v) is 19.3. The van der Waals surface area contributed by atoms with E-state index in [1.165, 1.54) is 29.8 Å². The van der Waals surface area contributed by atoms with Gasteiger partial charge in [-0.3, -0.25) is 9.69 Å². The van der Waals surface area contributed by atoms with E-state index in [2.05, 4.69) is 21.8 Å². The Kier molecular flexibility index (Phi) is 7.94. The van der Waals surface area contributed by atoms with Gasteiger partial charge < -0.3 is 9.64 Å². The Balaban J connectivity index is 1.47. The maximum Gasteiger partial charge on any atom is 0.241 e. The van der Waals surface area contributed by atoms with Gasteiger partial charge in [0.25, 0.3) is 0 Å². The van der Waals surface area contributed by atoms with Crippen molar-refractivity contribution >= 4 is 27.5 Å². The topological polar surface area (TPSA) is 79.0 Å². The van der Waals surface area contributed by atoms with Crippen LogP contribution < -0.4 is 9.46 Å². The van der Waals surface area contributed by atoms with Gasteiger partial charge in [-0.05, 0) is 55.3 Å². The van der Waals surface area contributed by atoms with Crippen molar-refractivity contribution in [2.75, 3.05) is 39.8 Å². The molecule has 1 atom stereocenters. The lowest BCUT2D eigenvalue weighted by Gasteiger charge is -2.36. The smallest absolute Gasteiger partial charge is 0.241 e. The van der Waals surface area contributed by atoms with Crippen molar-refractivity contribution in [3.63, 3.8) is 0 Å². The Morgan fingerprint density at radius 3 is 2.26 bits per heavy atom. The van der Waals surface area contributed by atoms with Gasteiger partial charge in [0.1, 0.15) is 5.75 Å². The van der Waals surface area contributed by atoms with Crippen molar-refractivity contribution in [2.45, 2.75) is 24.3 Å². The van der Waals surface area contributed by atoms with E-state index in [9.17, 15) is 13.2 Å². The number of methoxy groups -OCH3 is 1. The minimum absolute atomic E-state index is 0.0832. The minimum Gasteiger partial charge on any atom is -0.497 e. The maximum absolute atomic E-state index is 12.8. The fourth-order valence-corrected chi connectivity index (χ4v) is 4.83. The van der Waals surface area contributed by atoms with E-state index in [1.807, 2.05) is 12.1 Å². The van der Waals surface area contributed by atoms with Gasteiger partial charge in [-0.1, -0.05) is 23.7 Å². The predicted molar refractivity (Wildman–Crippen MR) is 121 cm³/mol. The van der Waals surface area contributed by atoms with Crippen molar-refractivity contribution in [1.82, 2.24) is 14.5 Å². The molecule has 0 bridgehead atoms. The molecule has 0 aliphatic carbocycles. The van der Waals surface area contributed by atoms with Crippen LogP contribution >= 0.6 is 11.6 Å². The first kappa shape index (κ1) is 23.5. The average molecular weight is 466 g/mol. The minimum atomic E-state index is -3.79. The Labute approximate surface area is 189 Å². The molecule has 1 fully saturated rings. The highest BCUT2D eigenvalue weighted by molar-refractivity contribution is 7.89. The third-order valence-electron chi connectivity index (χ3n) is 5.39. The van der Waals surface area contributed by atoms with Gasteiger partial charge >= 0.3 is 0 Å². The first-order chi connectivity index (χ1) is 14.8. The number of sulfonamides is 1. The molecule has 3 rings (SSSR count). The van der Waals surface area contributed by atoms with Crippen molar-refractivity contribution in [1.29, 1.82) is 0 Å². The van der Waals surface area contributed by atoms with Crippen molar-refractivity contribution in [3.05, 3.63) is 59.1 Å². The molecule has 1 N–H and O–H groups in total. The number of benzene rings is 2. The summed E-state index contributed by atoms with van der Waals surface area (Å²) in [5.74, 6) is 0.629. The first-order valence-corrected chi connectivity index (χ1v) is 12.1. The quantitative estimate of drug-likeness (QED) is 0.647. The Morgan fingerprint density at radius 1 is 1.06 bits per heavy atom. The Bertz CT molecular complexity index is 973. The molecule has 1 aliphatic heterocycles. The highest BCUT2D eigenvalue weighted by Crippen LogP contribution is 2.15. The summed E-state index contributed by atoms with van der Waals surface area (Å²) < 4.78 is 32.7. The van der Waals surface area contributed by atoms with E-state index in [1.54, 1.807) is 18.9 Å². The molecule has 0 spiro atoms. The highest BCUT2D eigenvalue weighted by Gasteiger charge is 2.28. The molecule has 0 radical (unpaired) electrons. The number of carbonyl (C=O) groups excluding carboxylic acids is 1. The summed E-state index contributed by atoms with van der Waals surface area (Å²) in [5, 5.41) is 0.452. The fourth-order valence-electron chi connectivity index (χ4n) is 3.51. The molecule has 0 saturated carbocycles. The van der Waals surface area contributed by atoms with E-state index < -0.39 is 16.1 Å². The van der Waals surface area contributed by atoms with Gasteiger partial charge in [0.05, 0.1) is 18.0 Å². The van der Waals surface area contributed by atoms with Gasteiger partial charge in [-0.25, -0.2) is 8.42 Å². The van der Waals surface area contributed by atoms with Gasteiger partial charge in [-0.15, -0.1) is 0 Å². The molecule has 2 aromatic rings. The summed E-state index contributed by atoms with van der Waals surface area (Å²) in [4.78, 5) is 16.9. The van der Waals surface area contributed by atoms with Crippen molar-refractivity contribution < 1.29 is 17.9 Å². The van der Waals surface area contributed by atoms with Crippen LogP contribution in [0.3, 0.4) is 0 Å². The predicted octanol–water partition coefficient (Wildman–Crippen LogP) is 2.40. The third kappa shape index (κ3) is 6.43. The largest absolute Gasteiger partial charge is 0.497 e. The zero-order chi connectivity index (χ0) is 22.4. The summed E-state index contributed by atoms with van der Waals surface area (Å²) >= 11 is 5.82. The number of carbonyl (C=O) groups is 1. The molecular weight excluding hydrogens is 438 g/mol. The lowest BCUT2D eigenvalue weighted by Crippen LogP contribution is -2.54. The van der Waals surface area contributed by atoms with E-state index >= 15 is 0 Å². The van der Waals surface area contributed by atoms with Crippen LogP contribution in [0.15, 0.2) is 53.4 Å². The van der Waals surface area contributed by atoms with Gasteiger partial charge in [-0.2, -0.15) is 4.72 Å². The number of nitrogens with zero attached hydrogens (tertiary/aromatic N) is 2. The van der Waals surface area contributed by atoms with Crippen LogP contribution in [0.5, 0.6) is 5.75 Å². The number of ether oxygens (including phenoxy) is 1. The van der Waals surface area contributed by atoms with Gasteiger partial charge in [0, 0.05) is 37.7 Å². The van der Waals surface area contributed by atoms with Crippen molar-refractivity contribution in [3.8, 4) is 5.75 Å². The molecule has 1 aliphatic rings. The van der Waals surface area contributed by atoms with Crippen LogP contribution in [0.4, 0.5) is 0 Å². The molecule has 1 amide bonds. The highest BCUT2D eigenvalue weighted by atomic mass is 35.5. The van der Waals surface area contributed by atoms with Crippen LogP contribution in [-0.2, 0) is 21.2 Å². The summed E-state index contributed by atoms with van der Waals surface area (Å²) in [6.07, 6.45) is 0.926. The van der Waals surface area contributed by atoms with E-state index in [-0.39, 0.29) is 10.8 Å². The second-order valence-electron chi connectivity index (χ2n) is 7.56. The van der Waals surface area contributed by atoms with E-state index in [0.717, 1.165) is 31.8 Å². The lowest BCUT2D eigenvalue weighted by molar-refractivity contribution is -0.134. The number of piperazine rings is 1. The maximum atomic E-state index is 12.8. The van der Waals surface area contributed by atoms with Crippen LogP contribution in [0.2, 0.25) is 5.02 Å². The number of amides is 1. The molecular formula is C22H28ClN3O4S. The Morgan fingerprint density at radius 2 is 1.68 bits per heavy atom. The third-order valence-corrected chi connectivity index (χ3v) is 7.19. The standard InChI is InChI=1S/C22H28ClN3O4S/c1-17(24-31(28,29)21-9-5-19(23)6-10-21)22(27)26-15-13-25(14-16-26)12-11-18-3-7-20(30-2)8-4-18/h3-10,17,24H,11-16H2,1-2H3/t17-/m0/s1. The molecule has 1 saturated heterocycles. The molecule has 31 heavy (non-hydrogen) atoms. The van der Waals surface area contributed by atoms with Crippen molar-refractivity contribution in [2.24, 2.45) is 0 Å². The molecule has 9 heteroatoms. The number of hydrogen-bond acceptors (Lipinski definition) is 5. The monoisotopic (exact) mass is 465 g/mol. The van der Waals surface area contributed by atoms with E-state index in [4.69, 9.17) is 16.3 Å². The molecule has 2 aromatic carbocycles. The summed E-state index contributed by atoms with van der Waals surface area (Å²) in [7, 11) is -2.14. The number of hydrogen-bond donors (Lipinski definition) is 1. The number of halogens is 1. The lowest BCUT2D eigenvalue weighted by atomic mass is 10.1. The zero-order valence-electron chi connectivity index (χ0n) is 17.8. The SMILES string of the molecule is COc1ccc(CCN2CCN(C(=O)[C@H](C)NS(=O)(=O)c3ccc(Cl)cc3)CC2)cc1. The second kappa shape index (κ2) is 10.5. The Hall–Kier alpha value is -2.13. The normalized spacial score (nSPS) is 16.2. The van der Waals surface area contributed by atoms with Crippen LogP contribution in [0, 0.1) is 0 Å². The molecule has 7 nitrogen and oxygen atoms in total. The molecule has 168 valence electrons. The number of rotatable bonds is 8. The second-order valence-corrected chi connectivity index (χ2v) is 9.71. The summed E-state index contributed by atoms with van der Waals surface area (Å²) in [6, 6.07) is 13.1. The first-order valence-electron chi connectivity index (χ1n) is 10.2. The molecule has 1 heterocycles. The summed E-state index contributed by atoms with van der Waals surface area (Å²) in [6.45, 7) is 5.17. The van der Waals surface area contributed by atoms with Gasteiger partial charge in [0.15, 0.2) is 0 Å². The number of nitrogens with one attached hydrogen (secondary N) is 1. The summed E-state index contributed by atoms with van der Waals surface area (Å²) in [5.41, 5.74) is 1.24. The van der Waals surface area contributed by atoms with Crippen LogP contribution in [0.25, 0.3) is 0 Å². The van der Waals surface area contributed by atoms with Crippen LogP contribution in [-0.4, -0.2) is 70.0 Å². The fraction of sp³-hybridized carbons (Fsp3) is 0.409. The average Bonchev–Trinajstić information content (AvgIpc) is 2.78. The van der Waals surface area contributed by atoms with Crippen LogP contribution in [0.1, 0.15) is 12.5 Å². The molecule has 0 unspecified atom stereocenters. The van der Waals surface area contributed by atoms with Gasteiger partial charge in [0.2, 0.25) is 15.9 Å². The molecule has 0 aromatic heterocycles. The van der Waals surface area contributed by atoms with E-state index in [0.29, 0.717) is 18.1 Å².